The molecule has 0 bridgehead atoms. The Morgan fingerprint density at radius 2 is 1.86 bits per heavy atom. The van der Waals surface area contributed by atoms with E-state index in [0.29, 0.717) is 37.7 Å². The first-order valence-corrected chi connectivity index (χ1v) is 9.12. The average Bonchev–Trinajstić information content (AvgIpc) is 2.93. The predicted octanol–water partition coefficient (Wildman–Crippen LogP) is 0.329. The van der Waals surface area contributed by atoms with Gasteiger partial charge in [0.2, 0.25) is 15.7 Å². The summed E-state index contributed by atoms with van der Waals surface area (Å²) in [6.45, 7) is 6.42. The van der Waals surface area contributed by atoms with Gasteiger partial charge in [-0.25, -0.2) is 8.42 Å². The van der Waals surface area contributed by atoms with Crippen LogP contribution in [0, 0.1) is 0 Å². The summed E-state index contributed by atoms with van der Waals surface area (Å²) in [5.74, 6) is 0.294. The SMILES string of the molecule is CC(C)c1cc(N2CCN(S(C)(=O)=O)CC2)c2nncn2n1. The molecular weight excluding hydrogens is 304 g/mol. The first kappa shape index (κ1) is 15.2. The van der Waals surface area contributed by atoms with Gasteiger partial charge < -0.3 is 4.90 Å². The van der Waals surface area contributed by atoms with Gasteiger partial charge in [-0.2, -0.15) is 13.9 Å². The molecule has 1 aliphatic rings. The molecule has 2 aromatic heterocycles. The maximum Gasteiger partial charge on any atom is 0.211 e. The lowest BCUT2D eigenvalue weighted by atomic mass is 10.1. The number of aromatic nitrogens is 4. The highest BCUT2D eigenvalue weighted by Crippen LogP contribution is 2.25. The van der Waals surface area contributed by atoms with E-state index in [1.54, 1.807) is 10.8 Å². The van der Waals surface area contributed by atoms with Crippen molar-refractivity contribution in [2.24, 2.45) is 0 Å². The van der Waals surface area contributed by atoms with E-state index in [1.807, 2.05) is 6.07 Å². The van der Waals surface area contributed by atoms with Crippen LogP contribution in [-0.4, -0.2) is 65.0 Å². The Balaban J connectivity index is 1.92. The molecule has 0 spiro atoms. The number of anilines is 1. The van der Waals surface area contributed by atoms with E-state index in [1.165, 1.54) is 10.6 Å². The second-order valence-electron chi connectivity index (χ2n) is 5.86. The zero-order valence-electron chi connectivity index (χ0n) is 13.0. The van der Waals surface area contributed by atoms with Crippen molar-refractivity contribution in [2.75, 3.05) is 37.3 Å². The molecular formula is C13H20N6O2S. The summed E-state index contributed by atoms with van der Waals surface area (Å²) in [4.78, 5) is 2.15. The quantitative estimate of drug-likeness (QED) is 0.809. The molecule has 120 valence electrons. The minimum absolute atomic E-state index is 0.294. The molecule has 2 aromatic rings. The summed E-state index contributed by atoms with van der Waals surface area (Å²) in [6, 6.07) is 2.03. The molecule has 3 rings (SSSR count). The van der Waals surface area contributed by atoms with Gasteiger partial charge in [0.05, 0.1) is 17.6 Å². The standard InChI is InChI=1S/C13H20N6O2S/c1-10(2)11-8-12(13-15-14-9-19(13)16-11)17-4-6-18(7-5-17)22(3,20)21/h8-10H,4-7H2,1-3H3. The summed E-state index contributed by atoms with van der Waals surface area (Å²) >= 11 is 0. The first-order chi connectivity index (χ1) is 10.4. The topological polar surface area (TPSA) is 83.7 Å². The summed E-state index contributed by atoms with van der Waals surface area (Å²) in [5, 5.41) is 12.6. The van der Waals surface area contributed by atoms with E-state index >= 15 is 0 Å². The molecule has 1 fully saturated rings. The number of hydrogen-bond donors (Lipinski definition) is 0. The monoisotopic (exact) mass is 324 g/mol. The Bertz CT molecular complexity index is 777. The summed E-state index contributed by atoms with van der Waals surface area (Å²) in [5.41, 5.74) is 2.63. The lowest BCUT2D eigenvalue weighted by Gasteiger charge is -2.34. The fourth-order valence-electron chi connectivity index (χ4n) is 2.61. The third-order valence-electron chi connectivity index (χ3n) is 3.91. The number of fused-ring (bicyclic) bond motifs is 1. The van der Waals surface area contributed by atoms with Gasteiger partial charge in [0.1, 0.15) is 6.33 Å². The van der Waals surface area contributed by atoms with Crippen molar-refractivity contribution in [2.45, 2.75) is 19.8 Å². The zero-order chi connectivity index (χ0) is 15.9. The van der Waals surface area contributed by atoms with Crippen molar-refractivity contribution in [3.05, 3.63) is 18.1 Å². The number of rotatable bonds is 3. The van der Waals surface area contributed by atoms with Crippen LogP contribution in [0.5, 0.6) is 0 Å². The summed E-state index contributed by atoms with van der Waals surface area (Å²) in [7, 11) is -3.12. The van der Waals surface area contributed by atoms with E-state index in [-0.39, 0.29) is 0 Å². The Labute approximate surface area is 129 Å². The number of hydrogen-bond acceptors (Lipinski definition) is 6. The number of piperazine rings is 1. The lowest BCUT2D eigenvalue weighted by Crippen LogP contribution is -2.48. The highest BCUT2D eigenvalue weighted by atomic mass is 32.2. The summed E-state index contributed by atoms with van der Waals surface area (Å²) in [6.07, 6.45) is 2.85. The number of sulfonamides is 1. The molecule has 0 amide bonds. The van der Waals surface area contributed by atoms with Crippen LogP contribution in [-0.2, 0) is 10.0 Å². The average molecular weight is 324 g/mol. The van der Waals surface area contributed by atoms with Crippen LogP contribution < -0.4 is 4.90 Å². The molecule has 0 atom stereocenters. The highest BCUT2D eigenvalue weighted by molar-refractivity contribution is 7.88. The fourth-order valence-corrected chi connectivity index (χ4v) is 3.43. The first-order valence-electron chi connectivity index (χ1n) is 7.27. The highest BCUT2D eigenvalue weighted by Gasteiger charge is 2.25. The van der Waals surface area contributed by atoms with Gasteiger partial charge in [-0.15, -0.1) is 10.2 Å². The van der Waals surface area contributed by atoms with E-state index in [4.69, 9.17) is 0 Å². The second kappa shape index (κ2) is 5.47. The van der Waals surface area contributed by atoms with Crippen LogP contribution in [0.25, 0.3) is 5.65 Å². The molecule has 0 aromatic carbocycles. The third kappa shape index (κ3) is 2.78. The minimum Gasteiger partial charge on any atom is -0.366 e. The van der Waals surface area contributed by atoms with Crippen molar-refractivity contribution in [1.29, 1.82) is 0 Å². The van der Waals surface area contributed by atoms with E-state index in [0.717, 1.165) is 11.4 Å². The maximum absolute atomic E-state index is 11.6. The molecule has 0 unspecified atom stereocenters. The molecule has 0 aliphatic carbocycles. The minimum atomic E-state index is -3.12. The van der Waals surface area contributed by atoms with Gasteiger partial charge in [-0.1, -0.05) is 13.8 Å². The van der Waals surface area contributed by atoms with Crippen LogP contribution in [0.2, 0.25) is 0 Å². The van der Waals surface area contributed by atoms with Gasteiger partial charge in [-0.3, -0.25) is 0 Å². The van der Waals surface area contributed by atoms with Crippen molar-refractivity contribution in [3.63, 3.8) is 0 Å². The maximum atomic E-state index is 11.6. The Morgan fingerprint density at radius 1 is 1.18 bits per heavy atom. The van der Waals surface area contributed by atoms with Gasteiger partial charge in [0, 0.05) is 26.2 Å². The van der Waals surface area contributed by atoms with Gasteiger partial charge in [-0.05, 0) is 12.0 Å². The second-order valence-corrected chi connectivity index (χ2v) is 7.84. The lowest BCUT2D eigenvalue weighted by molar-refractivity contribution is 0.388. The molecule has 9 heteroatoms. The predicted molar refractivity (Wildman–Crippen MR) is 83.5 cm³/mol. The van der Waals surface area contributed by atoms with Gasteiger partial charge >= 0.3 is 0 Å². The van der Waals surface area contributed by atoms with E-state index in [2.05, 4.69) is 34.0 Å². The van der Waals surface area contributed by atoms with Gasteiger partial charge in [0.25, 0.3) is 0 Å². The normalized spacial score (nSPS) is 17.5. The zero-order valence-corrected chi connectivity index (χ0v) is 13.8. The van der Waals surface area contributed by atoms with E-state index < -0.39 is 10.0 Å². The molecule has 0 radical (unpaired) electrons. The van der Waals surface area contributed by atoms with E-state index in [9.17, 15) is 8.42 Å². The van der Waals surface area contributed by atoms with Crippen molar-refractivity contribution in [1.82, 2.24) is 24.1 Å². The Morgan fingerprint density at radius 3 is 2.45 bits per heavy atom. The van der Waals surface area contributed by atoms with Crippen LogP contribution in [0.1, 0.15) is 25.5 Å². The molecule has 0 N–H and O–H groups in total. The molecule has 3 heterocycles. The van der Waals surface area contributed by atoms with Crippen LogP contribution >= 0.6 is 0 Å². The van der Waals surface area contributed by atoms with Crippen LogP contribution in [0.15, 0.2) is 12.4 Å². The Hall–Kier alpha value is -1.74. The smallest absolute Gasteiger partial charge is 0.211 e. The van der Waals surface area contributed by atoms with Crippen molar-refractivity contribution in [3.8, 4) is 0 Å². The van der Waals surface area contributed by atoms with Crippen LogP contribution in [0.3, 0.4) is 0 Å². The fraction of sp³-hybridized carbons (Fsp3) is 0.615. The molecule has 8 nitrogen and oxygen atoms in total. The van der Waals surface area contributed by atoms with Crippen molar-refractivity contribution >= 4 is 21.4 Å². The van der Waals surface area contributed by atoms with Crippen molar-refractivity contribution < 1.29 is 8.42 Å². The third-order valence-corrected chi connectivity index (χ3v) is 5.21. The number of nitrogens with zero attached hydrogens (tertiary/aromatic N) is 6. The summed E-state index contributed by atoms with van der Waals surface area (Å²) < 4.78 is 26.4. The Kier molecular flexibility index (Phi) is 3.77. The van der Waals surface area contributed by atoms with Crippen LogP contribution in [0.4, 0.5) is 5.69 Å². The molecule has 1 saturated heterocycles. The molecule has 1 aliphatic heterocycles. The van der Waals surface area contributed by atoms with Gasteiger partial charge in [0.15, 0.2) is 0 Å². The molecule has 22 heavy (non-hydrogen) atoms. The largest absolute Gasteiger partial charge is 0.366 e. The molecule has 0 saturated carbocycles.